The Bertz CT molecular complexity index is 1150. The maximum absolute atomic E-state index is 14.8. The molecule has 4 rings (SSSR count). The van der Waals surface area contributed by atoms with E-state index in [-0.39, 0.29) is 10.8 Å². The van der Waals surface area contributed by atoms with E-state index in [9.17, 15) is 4.39 Å². The van der Waals surface area contributed by atoms with Gasteiger partial charge in [0.05, 0.1) is 11.6 Å². The summed E-state index contributed by atoms with van der Waals surface area (Å²) in [5.41, 5.74) is 7.24. The van der Waals surface area contributed by atoms with Crippen LogP contribution in [-0.4, -0.2) is 6.61 Å². The summed E-state index contributed by atoms with van der Waals surface area (Å²) < 4.78 is 20.3. The molecular formula is C33H38ClFO. The number of ether oxygens (including phenoxy) is 1. The van der Waals surface area contributed by atoms with Gasteiger partial charge in [0.15, 0.2) is 11.6 Å². The van der Waals surface area contributed by atoms with Crippen LogP contribution in [0.5, 0.6) is 5.75 Å². The molecule has 1 atom stereocenters. The number of allylic oxidation sites excluding steroid dienone is 2. The lowest BCUT2D eigenvalue weighted by Crippen LogP contribution is -2.05. The van der Waals surface area contributed by atoms with E-state index >= 15 is 0 Å². The van der Waals surface area contributed by atoms with E-state index in [1.165, 1.54) is 47.9 Å². The van der Waals surface area contributed by atoms with Gasteiger partial charge in [-0.15, -0.1) is 0 Å². The van der Waals surface area contributed by atoms with Crippen LogP contribution in [0.4, 0.5) is 4.39 Å². The molecule has 1 unspecified atom stereocenters. The number of hydrogen-bond donors (Lipinski definition) is 0. The van der Waals surface area contributed by atoms with Gasteiger partial charge in [0.2, 0.25) is 0 Å². The zero-order valence-corrected chi connectivity index (χ0v) is 22.4. The Labute approximate surface area is 221 Å². The average molecular weight is 505 g/mol. The minimum atomic E-state index is -0.446. The highest BCUT2D eigenvalue weighted by Gasteiger charge is 2.21. The van der Waals surface area contributed by atoms with Crippen molar-refractivity contribution in [3.63, 3.8) is 0 Å². The number of rotatable bonds is 11. The summed E-state index contributed by atoms with van der Waals surface area (Å²) in [4.78, 5) is 0. The predicted molar refractivity (Wildman–Crippen MR) is 151 cm³/mol. The van der Waals surface area contributed by atoms with Crippen molar-refractivity contribution in [3.8, 4) is 16.9 Å². The fourth-order valence-electron chi connectivity index (χ4n) is 4.99. The third-order valence-corrected chi connectivity index (χ3v) is 7.67. The zero-order valence-electron chi connectivity index (χ0n) is 21.7. The van der Waals surface area contributed by atoms with E-state index in [2.05, 4.69) is 68.5 Å². The Balaban J connectivity index is 1.38. The van der Waals surface area contributed by atoms with Crippen LogP contribution in [0.2, 0.25) is 5.02 Å². The number of benzene rings is 3. The summed E-state index contributed by atoms with van der Waals surface area (Å²) in [6, 6.07) is 21.7. The molecule has 0 bridgehead atoms. The van der Waals surface area contributed by atoms with Crippen LogP contribution in [0.25, 0.3) is 16.7 Å². The zero-order chi connectivity index (χ0) is 25.3. The lowest BCUT2D eigenvalue weighted by atomic mass is 9.82. The fourth-order valence-corrected chi connectivity index (χ4v) is 5.27. The minimum absolute atomic E-state index is 0.175. The molecule has 1 aliphatic rings. The fraction of sp³-hybridized carbons (Fsp3) is 0.394. The van der Waals surface area contributed by atoms with E-state index in [1.807, 2.05) is 6.07 Å². The quantitative estimate of drug-likeness (QED) is 0.236. The van der Waals surface area contributed by atoms with Gasteiger partial charge in [-0.25, -0.2) is 4.39 Å². The lowest BCUT2D eigenvalue weighted by molar-refractivity contribution is 0.294. The predicted octanol–water partition coefficient (Wildman–Crippen LogP) is 10.4. The van der Waals surface area contributed by atoms with E-state index < -0.39 is 5.82 Å². The molecule has 0 radical (unpaired) electrons. The van der Waals surface area contributed by atoms with Crippen molar-refractivity contribution in [2.75, 3.05) is 6.61 Å². The Morgan fingerprint density at radius 3 is 2.19 bits per heavy atom. The molecule has 3 heteroatoms. The van der Waals surface area contributed by atoms with Gasteiger partial charge in [0.1, 0.15) is 0 Å². The first-order valence-electron chi connectivity index (χ1n) is 13.6. The number of hydrogen-bond acceptors (Lipinski definition) is 1. The Morgan fingerprint density at radius 1 is 0.861 bits per heavy atom. The average Bonchev–Trinajstić information content (AvgIpc) is 2.92. The summed E-state index contributed by atoms with van der Waals surface area (Å²) in [7, 11) is 0. The third kappa shape index (κ3) is 6.59. The Morgan fingerprint density at radius 2 is 1.56 bits per heavy atom. The van der Waals surface area contributed by atoms with Crippen molar-refractivity contribution in [1.29, 1.82) is 0 Å². The van der Waals surface area contributed by atoms with Crippen LogP contribution in [0.15, 0.2) is 66.7 Å². The molecule has 0 saturated carbocycles. The SMILES string of the molecule is CCCCCc1ccc(-c2ccc(C3CC=C(c4ccc(OCCCC)c(F)c4Cl)CC3)cc2)cc1. The normalized spacial score (nSPS) is 15.6. The molecule has 0 aromatic heterocycles. The van der Waals surface area contributed by atoms with Crippen LogP contribution in [0.1, 0.15) is 87.8 Å². The monoisotopic (exact) mass is 504 g/mol. The van der Waals surface area contributed by atoms with Gasteiger partial charge in [-0.3, -0.25) is 0 Å². The highest BCUT2D eigenvalue weighted by atomic mass is 35.5. The summed E-state index contributed by atoms with van der Waals surface area (Å²) in [5, 5.41) is 0.175. The topological polar surface area (TPSA) is 9.23 Å². The summed E-state index contributed by atoms with van der Waals surface area (Å²) >= 11 is 6.42. The number of unbranched alkanes of at least 4 members (excludes halogenated alkanes) is 3. The Kier molecular flexibility index (Phi) is 9.64. The lowest BCUT2D eigenvalue weighted by Gasteiger charge is -2.23. The molecule has 0 aliphatic heterocycles. The van der Waals surface area contributed by atoms with Gasteiger partial charge in [-0.1, -0.05) is 99.3 Å². The van der Waals surface area contributed by atoms with Gasteiger partial charge < -0.3 is 4.74 Å². The van der Waals surface area contributed by atoms with Crippen LogP contribution in [0, 0.1) is 5.82 Å². The van der Waals surface area contributed by atoms with Gasteiger partial charge in [0.25, 0.3) is 0 Å². The minimum Gasteiger partial charge on any atom is -0.490 e. The molecular weight excluding hydrogens is 467 g/mol. The molecule has 1 aliphatic carbocycles. The second kappa shape index (κ2) is 13.1. The highest BCUT2D eigenvalue weighted by molar-refractivity contribution is 6.32. The molecule has 1 nitrogen and oxygen atoms in total. The molecule has 3 aromatic carbocycles. The molecule has 0 N–H and O–H groups in total. The van der Waals surface area contributed by atoms with Gasteiger partial charge in [0, 0.05) is 0 Å². The van der Waals surface area contributed by atoms with Crippen molar-refractivity contribution >= 4 is 17.2 Å². The second-order valence-electron chi connectivity index (χ2n) is 9.92. The smallest absolute Gasteiger partial charge is 0.184 e. The van der Waals surface area contributed by atoms with E-state index in [0.29, 0.717) is 12.5 Å². The molecule has 3 aromatic rings. The summed E-state index contributed by atoms with van der Waals surface area (Å²) in [6.07, 6.45) is 12.0. The molecule has 0 fully saturated rings. The first kappa shape index (κ1) is 26.5. The molecule has 0 saturated heterocycles. The van der Waals surface area contributed by atoms with Crippen LogP contribution < -0.4 is 4.74 Å². The van der Waals surface area contributed by atoms with Crippen LogP contribution in [-0.2, 0) is 6.42 Å². The Hall–Kier alpha value is -2.58. The largest absolute Gasteiger partial charge is 0.490 e. The van der Waals surface area contributed by atoms with Crippen LogP contribution in [0.3, 0.4) is 0 Å². The molecule has 0 heterocycles. The first-order valence-corrected chi connectivity index (χ1v) is 14.0. The first-order chi connectivity index (χ1) is 17.6. The van der Waals surface area contributed by atoms with E-state index in [4.69, 9.17) is 16.3 Å². The molecule has 190 valence electrons. The summed E-state index contributed by atoms with van der Waals surface area (Å²) in [5.74, 6) is 0.277. The number of aryl methyl sites for hydroxylation is 1. The maximum atomic E-state index is 14.8. The molecule has 36 heavy (non-hydrogen) atoms. The highest BCUT2D eigenvalue weighted by Crippen LogP contribution is 2.40. The second-order valence-corrected chi connectivity index (χ2v) is 10.3. The van der Waals surface area contributed by atoms with Crippen molar-refractivity contribution in [3.05, 3.63) is 94.3 Å². The van der Waals surface area contributed by atoms with Crippen molar-refractivity contribution in [2.45, 2.75) is 77.6 Å². The van der Waals surface area contributed by atoms with Gasteiger partial charge in [-0.05, 0) is 90.0 Å². The van der Waals surface area contributed by atoms with Gasteiger partial charge >= 0.3 is 0 Å². The van der Waals surface area contributed by atoms with Crippen molar-refractivity contribution in [1.82, 2.24) is 0 Å². The molecule has 0 spiro atoms. The third-order valence-electron chi connectivity index (χ3n) is 7.30. The maximum Gasteiger partial charge on any atom is 0.184 e. The molecule has 0 amide bonds. The van der Waals surface area contributed by atoms with E-state index in [0.717, 1.165) is 43.2 Å². The van der Waals surface area contributed by atoms with E-state index in [1.54, 1.807) is 6.07 Å². The summed E-state index contributed by atoms with van der Waals surface area (Å²) in [6.45, 7) is 4.84. The van der Waals surface area contributed by atoms with Crippen molar-refractivity contribution < 1.29 is 9.13 Å². The van der Waals surface area contributed by atoms with Crippen molar-refractivity contribution in [2.24, 2.45) is 0 Å². The van der Waals surface area contributed by atoms with Crippen LogP contribution >= 0.6 is 11.6 Å². The standard InChI is InChI=1S/C33H38ClFO/c1-3-5-7-8-24-9-11-25(12-10-24)26-13-15-27(16-14-26)28-17-19-29(20-18-28)30-21-22-31(33(35)32(30)34)36-23-6-4-2/h9-16,19,21-22,28H,3-8,17-18,20,23H2,1-2H3. The van der Waals surface area contributed by atoms with Gasteiger partial charge in [-0.2, -0.15) is 0 Å². The number of halogens is 2.